The Morgan fingerprint density at radius 1 is 1.11 bits per heavy atom. The Labute approximate surface area is 160 Å². The third-order valence-electron chi connectivity index (χ3n) is 4.19. The molecule has 1 aromatic heterocycles. The lowest BCUT2D eigenvalue weighted by atomic mass is 10.2. The molecule has 1 heterocycles. The predicted octanol–water partition coefficient (Wildman–Crippen LogP) is 4.38. The van der Waals surface area contributed by atoms with Gasteiger partial charge in [0.1, 0.15) is 5.60 Å². The number of carbonyl (C=O) groups excluding carboxylic acids is 1. The summed E-state index contributed by atoms with van der Waals surface area (Å²) in [6, 6.07) is 7.80. The van der Waals surface area contributed by atoms with E-state index in [1.54, 1.807) is 4.57 Å². The molecule has 0 bridgehead atoms. The van der Waals surface area contributed by atoms with Crippen LogP contribution < -0.4 is 11.0 Å². The second-order valence-electron chi connectivity index (χ2n) is 7.84. The molecule has 6 nitrogen and oxygen atoms in total. The first-order chi connectivity index (χ1) is 12.7. The fourth-order valence-electron chi connectivity index (χ4n) is 3.05. The quantitative estimate of drug-likeness (QED) is 0.699. The minimum Gasteiger partial charge on any atom is -0.444 e. The molecule has 0 atom stereocenters. The molecule has 27 heavy (non-hydrogen) atoms. The maximum atomic E-state index is 12.7. The molecule has 0 spiro atoms. The van der Waals surface area contributed by atoms with Gasteiger partial charge in [-0.25, -0.2) is 9.59 Å². The largest absolute Gasteiger partial charge is 0.444 e. The Morgan fingerprint density at radius 2 is 1.74 bits per heavy atom. The first kappa shape index (κ1) is 20.8. The standard InChI is InChI=1S/C21H31N3O3/c1-16(2)24-18-13-9-8-12-17(18)23(20(24)26)15-11-7-6-10-14-22-19(25)27-21(3,4)5/h8-9,12-13H,1,6-7,10-11,14-15H2,2-5H3,(H,22,25). The molecule has 6 heteroatoms. The summed E-state index contributed by atoms with van der Waals surface area (Å²) < 4.78 is 8.69. The van der Waals surface area contributed by atoms with E-state index in [0.717, 1.165) is 42.4 Å². The molecule has 1 aromatic carbocycles. The fraction of sp³-hybridized carbons (Fsp3) is 0.524. The Hall–Kier alpha value is -2.50. The molecule has 2 aromatic rings. The van der Waals surface area contributed by atoms with Gasteiger partial charge in [-0.15, -0.1) is 0 Å². The van der Waals surface area contributed by atoms with E-state index in [1.165, 1.54) is 0 Å². The maximum absolute atomic E-state index is 12.7. The van der Waals surface area contributed by atoms with E-state index < -0.39 is 5.60 Å². The third-order valence-corrected chi connectivity index (χ3v) is 4.19. The highest BCUT2D eigenvalue weighted by molar-refractivity contribution is 5.79. The van der Waals surface area contributed by atoms with Crippen LogP contribution in [0.15, 0.2) is 35.6 Å². The van der Waals surface area contributed by atoms with Crippen LogP contribution in [0, 0.1) is 0 Å². The van der Waals surface area contributed by atoms with Crippen molar-refractivity contribution in [1.29, 1.82) is 0 Å². The van der Waals surface area contributed by atoms with Crippen molar-refractivity contribution < 1.29 is 9.53 Å². The van der Waals surface area contributed by atoms with E-state index in [-0.39, 0.29) is 11.8 Å². The smallest absolute Gasteiger partial charge is 0.407 e. The summed E-state index contributed by atoms with van der Waals surface area (Å²) in [5.74, 6) is 0. The van der Waals surface area contributed by atoms with Crippen LogP contribution in [0.4, 0.5) is 4.79 Å². The number of imidazole rings is 1. The van der Waals surface area contributed by atoms with Crippen molar-refractivity contribution in [2.75, 3.05) is 6.54 Å². The van der Waals surface area contributed by atoms with Gasteiger partial charge in [0.25, 0.3) is 0 Å². The molecule has 0 unspecified atom stereocenters. The van der Waals surface area contributed by atoms with E-state index in [4.69, 9.17) is 4.74 Å². The number of fused-ring (bicyclic) bond motifs is 1. The number of rotatable bonds is 8. The van der Waals surface area contributed by atoms with Crippen LogP contribution in [0.25, 0.3) is 16.7 Å². The molecule has 0 aliphatic heterocycles. The zero-order valence-electron chi connectivity index (χ0n) is 16.9. The molecule has 0 saturated carbocycles. The van der Waals surface area contributed by atoms with Crippen molar-refractivity contribution in [3.8, 4) is 0 Å². The Bertz CT molecular complexity index is 856. The number of hydrogen-bond donors (Lipinski definition) is 1. The number of benzene rings is 1. The summed E-state index contributed by atoms with van der Waals surface area (Å²) in [5.41, 5.74) is 2.06. The average Bonchev–Trinajstić information content (AvgIpc) is 2.84. The minimum absolute atomic E-state index is 0.0321. The summed E-state index contributed by atoms with van der Waals surface area (Å²) in [4.78, 5) is 24.3. The van der Waals surface area contributed by atoms with E-state index in [2.05, 4.69) is 11.9 Å². The van der Waals surface area contributed by atoms with Gasteiger partial charge in [0, 0.05) is 18.8 Å². The molecule has 1 amide bonds. The Morgan fingerprint density at radius 3 is 2.37 bits per heavy atom. The monoisotopic (exact) mass is 373 g/mol. The average molecular weight is 373 g/mol. The number of allylic oxidation sites excluding steroid dienone is 1. The van der Waals surface area contributed by atoms with Gasteiger partial charge in [-0.1, -0.05) is 31.6 Å². The van der Waals surface area contributed by atoms with Crippen molar-refractivity contribution in [3.63, 3.8) is 0 Å². The molecular formula is C21H31N3O3. The number of para-hydroxylation sites is 2. The molecule has 0 radical (unpaired) electrons. The number of nitrogens with one attached hydrogen (secondary N) is 1. The van der Waals surface area contributed by atoms with Crippen LogP contribution >= 0.6 is 0 Å². The number of carbonyl (C=O) groups is 1. The van der Waals surface area contributed by atoms with E-state index >= 15 is 0 Å². The maximum Gasteiger partial charge on any atom is 0.407 e. The van der Waals surface area contributed by atoms with Gasteiger partial charge in [0.05, 0.1) is 11.0 Å². The predicted molar refractivity (Wildman–Crippen MR) is 110 cm³/mol. The van der Waals surface area contributed by atoms with Crippen LogP contribution in [0.5, 0.6) is 0 Å². The van der Waals surface area contributed by atoms with Gasteiger partial charge in [-0.3, -0.25) is 9.13 Å². The number of aryl methyl sites for hydroxylation is 1. The van der Waals surface area contributed by atoms with Crippen LogP contribution in [0.1, 0.15) is 53.4 Å². The Balaban J connectivity index is 1.80. The van der Waals surface area contributed by atoms with Gasteiger partial charge in [-0.05, 0) is 52.7 Å². The Kier molecular flexibility index (Phi) is 6.88. The van der Waals surface area contributed by atoms with Crippen molar-refractivity contribution in [3.05, 3.63) is 41.3 Å². The topological polar surface area (TPSA) is 65.3 Å². The van der Waals surface area contributed by atoms with Gasteiger partial charge in [0.15, 0.2) is 0 Å². The number of hydrogen-bond acceptors (Lipinski definition) is 3. The van der Waals surface area contributed by atoms with Crippen LogP contribution in [-0.2, 0) is 11.3 Å². The summed E-state index contributed by atoms with van der Waals surface area (Å²) in [7, 11) is 0. The summed E-state index contributed by atoms with van der Waals surface area (Å²) in [6.07, 6.45) is 3.42. The highest BCUT2D eigenvalue weighted by atomic mass is 16.6. The first-order valence-corrected chi connectivity index (χ1v) is 9.54. The van der Waals surface area contributed by atoms with Crippen molar-refractivity contribution >= 4 is 22.8 Å². The second-order valence-corrected chi connectivity index (χ2v) is 7.84. The van der Waals surface area contributed by atoms with Gasteiger partial charge >= 0.3 is 11.8 Å². The second kappa shape index (κ2) is 8.93. The van der Waals surface area contributed by atoms with Crippen molar-refractivity contribution in [1.82, 2.24) is 14.5 Å². The highest BCUT2D eigenvalue weighted by Gasteiger charge is 2.15. The van der Waals surface area contributed by atoms with E-state index in [1.807, 2.05) is 56.5 Å². The van der Waals surface area contributed by atoms with Crippen LogP contribution in [0.2, 0.25) is 0 Å². The van der Waals surface area contributed by atoms with Gasteiger partial charge in [-0.2, -0.15) is 0 Å². The van der Waals surface area contributed by atoms with E-state index in [9.17, 15) is 9.59 Å². The number of nitrogens with zero attached hydrogens (tertiary/aromatic N) is 2. The summed E-state index contributed by atoms with van der Waals surface area (Å²) in [6.45, 7) is 12.6. The van der Waals surface area contributed by atoms with E-state index in [0.29, 0.717) is 13.1 Å². The number of alkyl carbamates (subject to hydrolysis) is 1. The molecule has 1 N–H and O–H groups in total. The number of amides is 1. The van der Waals surface area contributed by atoms with Crippen LogP contribution in [0.3, 0.4) is 0 Å². The third kappa shape index (κ3) is 5.74. The molecule has 0 aliphatic carbocycles. The molecule has 148 valence electrons. The summed E-state index contributed by atoms with van der Waals surface area (Å²) in [5, 5.41) is 2.77. The lowest BCUT2D eigenvalue weighted by Gasteiger charge is -2.19. The molecular weight excluding hydrogens is 342 g/mol. The van der Waals surface area contributed by atoms with Gasteiger partial charge in [0.2, 0.25) is 0 Å². The molecule has 0 aliphatic rings. The lowest BCUT2D eigenvalue weighted by Crippen LogP contribution is -2.32. The molecule has 0 fully saturated rings. The zero-order chi connectivity index (χ0) is 20.0. The first-order valence-electron chi connectivity index (χ1n) is 9.54. The SMILES string of the molecule is C=C(C)n1c(=O)n(CCCCCCNC(=O)OC(C)(C)C)c2ccccc21. The van der Waals surface area contributed by atoms with Crippen molar-refractivity contribution in [2.24, 2.45) is 0 Å². The highest BCUT2D eigenvalue weighted by Crippen LogP contribution is 2.16. The normalized spacial score (nSPS) is 11.6. The van der Waals surface area contributed by atoms with Crippen LogP contribution in [-0.4, -0.2) is 27.4 Å². The molecule has 0 saturated heterocycles. The number of unbranched alkanes of at least 4 members (excludes halogenated alkanes) is 3. The lowest BCUT2D eigenvalue weighted by molar-refractivity contribution is 0.0527. The number of ether oxygens (including phenoxy) is 1. The fourth-order valence-corrected chi connectivity index (χ4v) is 3.05. The van der Waals surface area contributed by atoms with Crippen molar-refractivity contribution in [2.45, 2.75) is 65.5 Å². The molecule has 2 rings (SSSR count). The minimum atomic E-state index is -0.472. The zero-order valence-corrected chi connectivity index (χ0v) is 16.9. The number of aromatic nitrogens is 2. The van der Waals surface area contributed by atoms with Gasteiger partial charge < -0.3 is 10.1 Å². The summed E-state index contributed by atoms with van der Waals surface area (Å²) >= 11 is 0.